The number of ether oxygens (including phenoxy) is 3. The van der Waals surface area contributed by atoms with Crippen LogP contribution in [0.15, 0.2) is 60.8 Å². The van der Waals surface area contributed by atoms with Gasteiger partial charge in [0.15, 0.2) is 6.10 Å². The van der Waals surface area contributed by atoms with Crippen LogP contribution >= 0.6 is 0 Å². The quantitative estimate of drug-likeness (QED) is 0.0262. The first kappa shape index (κ1) is 61.1. The van der Waals surface area contributed by atoms with E-state index in [-0.39, 0.29) is 44.0 Å². The van der Waals surface area contributed by atoms with Crippen LogP contribution in [0.25, 0.3) is 0 Å². The summed E-state index contributed by atoms with van der Waals surface area (Å²) in [5.41, 5.74) is 0. The van der Waals surface area contributed by atoms with E-state index in [0.29, 0.717) is 19.3 Å². The van der Waals surface area contributed by atoms with Gasteiger partial charge in [0.1, 0.15) is 13.2 Å². The van der Waals surface area contributed by atoms with Crippen LogP contribution in [0.3, 0.4) is 0 Å². The molecule has 0 aliphatic carbocycles. The Balaban J connectivity index is 4.48. The van der Waals surface area contributed by atoms with Gasteiger partial charge in [0.05, 0.1) is 0 Å². The lowest BCUT2D eigenvalue weighted by molar-refractivity contribution is -0.166. The molecule has 64 heavy (non-hydrogen) atoms. The van der Waals surface area contributed by atoms with Crippen LogP contribution in [0.4, 0.5) is 0 Å². The van der Waals surface area contributed by atoms with Gasteiger partial charge in [-0.3, -0.25) is 14.4 Å². The number of rotatable bonds is 49. The van der Waals surface area contributed by atoms with Crippen LogP contribution in [0.5, 0.6) is 0 Å². The summed E-state index contributed by atoms with van der Waals surface area (Å²) in [6.07, 6.45) is 65.1. The van der Waals surface area contributed by atoms with Crippen molar-refractivity contribution in [2.45, 2.75) is 277 Å². The summed E-state index contributed by atoms with van der Waals surface area (Å²) >= 11 is 0. The van der Waals surface area contributed by atoms with E-state index in [1.165, 1.54) is 167 Å². The molecule has 0 aliphatic rings. The fourth-order valence-electron chi connectivity index (χ4n) is 7.63. The van der Waals surface area contributed by atoms with Gasteiger partial charge in [0.25, 0.3) is 0 Å². The van der Waals surface area contributed by atoms with Gasteiger partial charge in [0.2, 0.25) is 0 Å². The number of hydrogen-bond acceptors (Lipinski definition) is 6. The average molecular weight is 895 g/mol. The average Bonchev–Trinajstić information content (AvgIpc) is 3.29. The van der Waals surface area contributed by atoms with Crippen molar-refractivity contribution < 1.29 is 28.6 Å². The van der Waals surface area contributed by atoms with Crippen molar-refractivity contribution in [1.29, 1.82) is 0 Å². The van der Waals surface area contributed by atoms with Crippen LogP contribution in [-0.4, -0.2) is 37.2 Å². The Morgan fingerprint density at radius 1 is 0.312 bits per heavy atom. The smallest absolute Gasteiger partial charge is 0.306 e. The molecule has 0 amide bonds. The molecule has 0 radical (unpaired) electrons. The van der Waals surface area contributed by atoms with E-state index in [4.69, 9.17) is 14.2 Å². The van der Waals surface area contributed by atoms with Crippen LogP contribution in [0.1, 0.15) is 271 Å². The molecule has 1 atom stereocenters. The van der Waals surface area contributed by atoms with Crippen molar-refractivity contribution >= 4 is 17.9 Å². The normalized spacial score (nSPS) is 12.5. The molecule has 0 saturated carbocycles. The van der Waals surface area contributed by atoms with E-state index in [2.05, 4.69) is 75.5 Å². The fourth-order valence-corrected chi connectivity index (χ4v) is 7.63. The van der Waals surface area contributed by atoms with Crippen molar-refractivity contribution in [3.05, 3.63) is 60.8 Å². The first-order valence-corrected chi connectivity index (χ1v) is 27.3. The summed E-state index contributed by atoms with van der Waals surface area (Å²) in [5.74, 6) is -1.02. The van der Waals surface area contributed by atoms with Crippen molar-refractivity contribution in [2.75, 3.05) is 13.2 Å². The molecule has 0 aromatic heterocycles. The second-order valence-corrected chi connectivity index (χ2v) is 18.1. The molecular formula is C58H102O6. The lowest BCUT2D eigenvalue weighted by atomic mass is 10.0. The Morgan fingerprint density at radius 3 is 1.02 bits per heavy atom. The maximum absolute atomic E-state index is 12.8. The van der Waals surface area contributed by atoms with Crippen LogP contribution in [0.2, 0.25) is 0 Å². The highest BCUT2D eigenvalue weighted by atomic mass is 16.6. The van der Waals surface area contributed by atoms with Gasteiger partial charge in [-0.1, -0.05) is 242 Å². The highest BCUT2D eigenvalue weighted by Gasteiger charge is 2.19. The monoisotopic (exact) mass is 895 g/mol. The molecular weight excluding hydrogens is 793 g/mol. The summed E-state index contributed by atoms with van der Waals surface area (Å²) in [4.78, 5) is 38.0. The molecule has 0 aromatic carbocycles. The predicted molar refractivity (Wildman–Crippen MR) is 275 cm³/mol. The molecule has 0 heterocycles. The molecule has 370 valence electrons. The zero-order valence-electron chi connectivity index (χ0n) is 42.3. The van der Waals surface area contributed by atoms with Crippen molar-refractivity contribution in [2.24, 2.45) is 0 Å². The lowest BCUT2D eigenvalue weighted by Gasteiger charge is -2.18. The van der Waals surface area contributed by atoms with E-state index in [9.17, 15) is 14.4 Å². The van der Waals surface area contributed by atoms with Gasteiger partial charge in [-0.25, -0.2) is 0 Å². The molecule has 0 N–H and O–H groups in total. The molecule has 0 bridgehead atoms. The molecule has 0 spiro atoms. The third kappa shape index (κ3) is 50.1. The van der Waals surface area contributed by atoms with Gasteiger partial charge >= 0.3 is 17.9 Å². The molecule has 0 saturated heterocycles. The van der Waals surface area contributed by atoms with E-state index in [1.807, 2.05) is 6.08 Å². The van der Waals surface area contributed by atoms with Crippen LogP contribution in [-0.2, 0) is 28.6 Å². The number of carbonyl (C=O) groups is 3. The number of carbonyl (C=O) groups excluding carboxylic acids is 3. The van der Waals surface area contributed by atoms with Crippen molar-refractivity contribution in [1.82, 2.24) is 0 Å². The molecule has 0 aliphatic heterocycles. The second kappa shape index (κ2) is 52.7. The first-order chi connectivity index (χ1) is 31.5. The van der Waals surface area contributed by atoms with Gasteiger partial charge in [-0.05, 0) is 70.6 Å². The third-order valence-corrected chi connectivity index (χ3v) is 11.8. The van der Waals surface area contributed by atoms with E-state index < -0.39 is 6.10 Å². The fraction of sp³-hybridized carbons (Fsp3) is 0.776. The SMILES string of the molecule is CCCCCCCC/C=C/C/C=C/C/C=C/CCCC(=O)OCC(COC(=O)CC/C=C/C/C=C/CCCCCCCC)OC(=O)CCCCCCCCCCCCCCCCCC. The molecule has 6 nitrogen and oxygen atoms in total. The number of hydrogen-bond donors (Lipinski definition) is 0. The largest absolute Gasteiger partial charge is 0.462 e. The molecule has 6 heteroatoms. The summed E-state index contributed by atoms with van der Waals surface area (Å²) in [5, 5.41) is 0. The molecule has 1 unspecified atom stereocenters. The second-order valence-electron chi connectivity index (χ2n) is 18.1. The number of esters is 3. The lowest BCUT2D eigenvalue weighted by Crippen LogP contribution is -2.30. The zero-order valence-corrected chi connectivity index (χ0v) is 42.3. The minimum Gasteiger partial charge on any atom is -0.462 e. The van der Waals surface area contributed by atoms with Crippen LogP contribution in [0, 0.1) is 0 Å². The van der Waals surface area contributed by atoms with Gasteiger partial charge in [-0.15, -0.1) is 0 Å². The van der Waals surface area contributed by atoms with Crippen molar-refractivity contribution in [3.63, 3.8) is 0 Å². The van der Waals surface area contributed by atoms with Gasteiger partial charge < -0.3 is 14.2 Å². The van der Waals surface area contributed by atoms with E-state index in [1.54, 1.807) is 0 Å². The summed E-state index contributed by atoms with van der Waals surface area (Å²) in [6, 6.07) is 0. The maximum atomic E-state index is 12.8. The van der Waals surface area contributed by atoms with Crippen LogP contribution < -0.4 is 0 Å². The molecule has 0 rings (SSSR count). The Kier molecular flexibility index (Phi) is 50.4. The Labute approximate surface area is 396 Å². The summed E-state index contributed by atoms with van der Waals surface area (Å²) < 4.78 is 16.7. The highest BCUT2D eigenvalue weighted by Crippen LogP contribution is 2.15. The summed E-state index contributed by atoms with van der Waals surface area (Å²) in [6.45, 7) is 6.55. The van der Waals surface area contributed by atoms with Gasteiger partial charge in [0, 0.05) is 19.3 Å². The van der Waals surface area contributed by atoms with E-state index >= 15 is 0 Å². The van der Waals surface area contributed by atoms with Crippen molar-refractivity contribution in [3.8, 4) is 0 Å². The first-order valence-electron chi connectivity index (χ1n) is 27.3. The zero-order chi connectivity index (χ0) is 46.5. The topological polar surface area (TPSA) is 78.9 Å². The Bertz CT molecular complexity index is 1170. The standard InChI is InChI=1S/C58H102O6/c1-4-7-10-13-16-19-22-25-27-29-31-33-36-39-42-45-48-51-57(60)63-54-55(53-62-56(59)50-47-44-41-38-35-32-24-21-18-15-12-9-6-3)64-58(61)52-49-46-43-40-37-34-30-28-26-23-20-17-14-11-8-5-2/h25,27,31-33,35,39,41-42,44,55H,4-24,26,28-30,34,36-38,40,43,45-54H2,1-3H3/b27-25+,33-31+,35-32+,42-39+,44-41+. The summed E-state index contributed by atoms with van der Waals surface area (Å²) in [7, 11) is 0. The molecule has 0 aromatic rings. The third-order valence-electron chi connectivity index (χ3n) is 11.8. The number of unbranched alkanes of at least 4 members (excludes halogenated alkanes) is 28. The molecule has 0 fully saturated rings. The predicted octanol–water partition coefficient (Wildman–Crippen LogP) is 18.0. The number of allylic oxidation sites excluding steroid dienone is 10. The Hall–Kier alpha value is -2.89. The Morgan fingerprint density at radius 2 is 0.609 bits per heavy atom. The maximum Gasteiger partial charge on any atom is 0.306 e. The van der Waals surface area contributed by atoms with Gasteiger partial charge in [-0.2, -0.15) is 0 Å². The minimum atomic E-state index is -0.814. The highest BCUT2D eigenvalue weighted by molar-refractivity contribution is 5.71. The van der Waals surface area contributed by atoms with E-state index in [0.717, 1.165) is 51.4 Å². The minimum absolute atomic E-state index is 0.115.